The highest BCUT2D eigenvalue weighted by atomic mass is 32.5. The molecule has 5 saturated heterocycles. The van der Waals surface area contributed by atoms with Gasteiger partial charge >= 0.3 is 36.5 Å². The maximum absolute atomic E-state index is 12.7. The first-order valence-electron chi connectivity index (χ1n) is 38.5. The van der Waals surface area contributed by atoms with E-state index in [1.165, 1.54) is 6.92 Å². The van der Waals surface area contributed by atoms with Gasteiger partial charge in [-0.05, 0) is 125 Å². The first-order chi connectivity index (χ1) is 57.1. The number of esters is 5. The van der Waals surface area contributed by atoms with Crippen LogP contribution in [0.5, 0.6) is 5.75 Å². The van der Waals surface area contributed by atoms with E-state index in [0.717, 1.165) is 47.2 Å². The zero-order valence-corrected chi connectivity index (χ0v) is 68.9. The molecule has 5 aromatic rings. The number of aliphatic hydroxyl groups excluding tert-OH is 4. The summed E-state index contributed by atoms with van der Waals surface area (Å²) in [5, 5.41) is 63.7. The predicted molar refractivity (Wildman–Crippen MR) is 431 cm³/mol. The number of hydrogen-bond acceptors (Lipinski definition) is 29. The number of ether oxygens (including phenoxy) is 10. The second-order valence-corrected chi connectivity index (χ2v) is 31.9. The molecule has 5 aromatic carbocycles. The molecule has 33 heteroatoms. The quantitative estimate of drug-likeness (QED) is 0.0117. The van der Waals surface area contributed by atoms with Gasteiger partial charge in [0.15, 0.2) is 35.2 Å². The van der Waals surface area contributed by atoms with Gasteiger partial charge in [-0.2, -0.15) is 0 Å². The highest BCUT2D eigenvalue weighted by Crippen LogP contribution is 2.48. The van der Waals surface area contributed by atoms with E-state index >= 15 is 0 Å². The third kappa shape index (κ3) is 23.1. The van der Waals surface area contributed by atoms with Crippen molar-refractivity contribution < 1.29 is 135 Å². The van der Waals surface area contributed by atoms with E-state index in [9.17, 15) is 73.5 Å². The van der Waals surface area contributed by atoms with Gasteiger partial charge < -0.3 is 87.1 Å². The topological polar surface area (TPSA) is 421 Å². The average molecular weight is 1700 g/mol. The van der Waals surface area contributed by atoms with Crippen LogP contribution < -0.4 is 9.61 Å². The number of terminal acetylenes is 3. The normalized spacial score (nSPS) is 29.7. The zero-order chi connectivity index (χ0) is 88.0. The van der Waals surface area contributed by atoms with Gasteiger partial charge in [-0.3, -0.25) is 38.6 Å². The van der Waals surface area contributed by atoms with Crippen molar-refractivity contribution in [3.05, 3.63) is 198 Å². The van der Waals surface area contributed by atoms with Crippen LogP contribution in [0.3, 0.4) is 0 Å². The number of Topliss-reactive ketones (excluding diaryl/α,β-unsaturated/α-hetero) is 1. The summed E-state index contributed by atoms with van der Waals surface area (Å²) < 4.78 is 66.4. The van der Waals surface area contributed by atoms with Crippen molar-refractivity contribution in [2.24, 2.45) is 17.8 Å². The number of aliphatic hydroxyl groups is 6. The molecule has 5 fully saturated rings. The lowest BCUT2D eigenvalue weighted by atomic mass is 9.86. The van der Waals surface area contributed by atoms with Crippen molar-refractivity contribution in [2.75, 3.05) is 13.2 Å². The van der Waals surface area contributed by atoms with Crippen LogP contribution >= 0.6 is 6.64 Å². The summed E-state index contributed by atoms with van der Waals surface area (Å²) in [6.45, 7) is 11.9. The van der Waals surface area contributed by atoms with Gasteiger partial charge in [0.25, 0.3) is 12.6 Å². The second-order valence-electron chi connectivity index (χ2n) is 28.7. The molecule has 0 radical (unpaired) electrons. The molecule has 0 aliphatic carbocycles. The van der Waals surface area contributed by atoms with Crippen molar-refractivity contribution >= 4 is 77.5 Å². The van der Waals surface area contributed by atoms with Gasteiger partial charge in [0.1, 0.15) is 42.3 Å². The van der Waals surface area contributed by atoms with Crippen LogP contribution in [-0.4, -0.2) is 222 Å². The van der Waals surface area contributed by atoms with E-state index in [4.69, 9.17) is 92.6 Å². The molecule has 0 saturated carbocycles. The molecular weight excluding hydrogens is 1600 g/mol. The van der Waals surface area contributed by atoms with Crippen LogP contribution in [0.1, 0.15) is 136 Å². The number of allylic oxidation sites excluding steroid dienone is 2. The fourth-order valence-electron chi connectivity index (χ4n) is 13.2. The van der Waals surface area contributed by atoms with Crippen LogP contribution in [0.2, 0.25) is 0 Å². The first kappa shape index (κ1) is 95.0. The largest absolute Gasteiger partial charge is 0.462 e. The van der Waals surface area contributed by atoms with Gasteiger partial charge in [0.2, 0.25) is 29.5 Å². The number of nitrogens with one attached hydrogen (secondary N) is 1. The standard InChI is InChI=1S/C24H29N2O9PS.C23H22O5.C14H18O4.C14H16O4.C12H13NO6/c1-5-24(31)21(29)19(34-23(24)26-12-11-17(27)13-20(26)28)14-32-36(37,35-18-9-7-6-8-10-18)25-16(4)22(30)33-15(2)3;1-4-19-16(3)23(5-2,28-21(25)18-14-10-7-11-15-18)22(26-19)27-20(24)17-12-8-6-9-13-17;2*1-3-11-9(2)12(15)14(17-11)18-13(16)10-7-5-4-6-8-10;1-2-12(18)10(17)8(6-14)19-11(12)13-4-3-7(15)5-9(13)16/h1,6-12,15-16,19,21,23,29,31H,13-14H2,2-4H3,(H,25,37);2,6-16,19,22H,4H2,1,3H3;4-9,11-12,14-15H,3H2,1-2H3;4-9,11,14H,3H2,1-2H3;1,3-4,8,10-11,14,17-18H,5-6H2/t16-,19+,21+,23+,24+,36?;16-,19-,22-,23-;9-,11-,12-,14-;9-,11-,14-;8-,10-,11-,12-/m01111/s1. The third-order valence-electron chi connectivity index (χ3n) is 20.1. The molecule has 12 rings (SSSR count). The van der Waals surface area contributed by atoms with Crippen molar-refractivity contribution in [2.45, 2.75) is 204 Å². The van der Waals surface area contributed by atoms with Crippen LogP contribution in [0.25, 0.3) is 0 Å². The fourth-order valence-corrected chi connectivity index (χ4v) is 15.6. The highest BCUT2D eigenvalue weighted by Gasteiger charge is 2.61. The van der Waals surface area contributed by atoms with E-state index in [0.29, 0.717) is 34.4 Å². The molecule has 0 bridgehead atoms. The molecule has 7 heterocycles. The Morgan fingerprint density at radius 2 is 1.00 bits per heavy atom. The fraction of sp³-hybridized carbons (Fsp3) is 0.425. The summed E-state index contributed by atoms with van der Waals surface area (Å²) in [6.07, 6.45) is 9.27. The summed E-state index contributed by atoms with van der Waals surface area (Å²) in [5.41, 5.74) is -4.37. The van der Waals surface area contributed by atoms with E-state index in [2.05, 4.69) is 16.9 Å². The minimum absolute atomic E-state index is 0.0245. The summed E-state index contributed by atoms with van der Waals surface area (Å²) in [4.78, 5) is 122. The molecular formula is C87H98N3O28PS. The number of carbonyl (C=O) groups is 10. The molecule has 0 aromatic heterocycles. The second kappa shape index (κ2) is 43.1. The Balaban J connectivity index is 0.000000193. The monoisotopic (exact) mass is 1700 g/mol. The summed E-state index contributed by atoms with van der Waals surface area (Å²) >= 11 is 5.63. The van der Waals surface area contributed by atoms with Crippen molar-refractivity contribution in [1.29, 1.82) is 0 Å². The number of para-hydroxylation sites is 1. The Morgan fingerprint density at radius 3 is 1.42 bits per heavy atom. The molecule has 7 aliphatic heterocycles. The summed E-state index contributed by atoms with van der Waals surface area (Å²) in [7, 11) is 0. The molecule has 7 N–H and O–H groups in total. The average Bonchev–Trinajstić information content (AvgIpc) is 1.60. The lowest BCUT2D eigenvalue weighted by molar-refractivity contribution is -0.156. The van der Waals surface area contributed by atoms with Crippen LogP contribution in [0, 0.1) is 54.8 Å². The Labute approximate surface area is 699 Å². The van der Waals surface area contributed by atoms with Gasteiger partial charge in [-0.15, -0.1) is 19.3 Å². The Morgan fingerprint density at radius 1 is 0.567 bits per heavy atom. The van der Waals surface area contributed by atoms with Crippen LogP contribution in [0.15, 0.2) is 176 Å². The van der Waals surface area contributed by atoms with Gasteiger partial charge in [-0.25, -0.2) is 24.3 Å². The molecule has 7 aliphatic rings. The maximum atomic E-state index is 12.7. The number of amides is 2. The number of nitrogens with zero attached hydrogens (tertiary/aromatic N) is 2. The minimum Gasteiger partial charge on any atom is -0.462 e. The smallest absolute Gasteiger partial charge is 0.340 e. The molecule has 120 heavy (non-hydrogen) atoms. The molecule has 640 valence electrons. The predicted octanol–water partition coefficient (Wildman–Crippen LogP) is 6.75. The maximum Gasteiger partial charge on any atom is 0.340 e. The summed E-state index contributed by atoms with van der Waals surface area (Å²) in [5.74, 6) is 1.43. The van der Waals surface area contributed by atoms with Crippen LogP contribution in [-0.2, 0) is 92.5 Å². The first-order valence-corrected chi connectivity index (χ1v) is 41.2. The zero-order valence-electron chi connectivity index (χ0n) is 67.2. The summed E-state index contributed by atoms with van der Waals surface area (Å²) in [6, 6.07) is 41.9. The number of hydrogen-bond donors (Lipinski definition) is 7. The van der Waals surface area contributed by atoms with Gasteiger partial charge in [-0.1, -0.05) is 150 Å². The van der Waals surface area contributed by atoms with E-state index < -0.39 is 158 Å². The number of rotatable bonds is 23. The van der Waals surface area contributed by atoms with Gasteiger partial charge in [0.05, 0.1) is 72.7 Å². The molecule has 0 spiro atoms. The van der Waals surface area contributed by atoms with Gasteiger partial charge in [0, 0.05) is 30.2 Å². The SMILES string of the molecule is C#C[C@@]1(O)[C@H](O)[C@@H](CO)O[C@H]1N1C=CC(=O)CC1=O.C#C[C@@]1(O)[C@H](O)[C@@H](COP(=S)(N[C@@H](C)C(=O)OC(C)C)Oc2ccccc2)O[C@H]1N1C=CC(=O)CC1=O.C#C[C@]1(OC(=O)c2ccccc2)[C@@H](OC(=O)c2ccccc2)O[C@H](CC)[C@H]1C.CC[C@H]1O[C@H](OC(=O)c2ccccc2)C(=O)[C@@H]1C.CC[C@H]1O[C@H](OC(=O)c2ccccc2)[C@H](O)[C@@H]1C. The third-order valence-corrected chi connectivity index (χ3v) is 22.6. The number of benzene rings is 5. The van der Waals surface area contributed by atoms with Crippen LogP contribution in [0.4, 0.5) is 0 Å². The highest BCUT2D eigenvalue weighted by molar-refractivity contribution is 8.09. The lowest BCUT2D eigenvalue weighted by Gasteiger charge is -2.33. The molecule has 2 amide bonds. The van der Waals surface area contributed by atoms with Crippen molar-refractivity contribution in [3.63, 3.8) is 0 Å². The minimum atomic E-state index is -3.48. The molecule has 1 unspecified atom stereocenters. The molecule has 31 nitrogen and oxygen atoms in total. The number of carbonyl (C=O) groups excluding carboxylic acids is 10. The lowest BCUT2D eigenvalue weighted by Crippen LogP contribution is -2.55. The van der Waals surface area contributed by atoms with E-state index in [1.807, 2.05) is 52.7 Å². The Kier molecular flexibility index (Phi) is 34.1. The van der Waals surface area contributed by atoms with Crippen molar-refractivity contribution in [1.82, 2.24) is 14.9 Å². The number of ketones is 3. The molecule has 21 atom stereocenters. The van der Waals surface area contributed by atoms with Crippen molar-refractivity contribution in [3.8, 4) is 42.8 Å². The Hall–Kier alpha value is -10.5. The van der Waals surface area contributed by atoms with E-state index in [-0.39, 0.29) is 60.2 Å². The van der Waals surface area contributed by atoms with E-state index in [1.54, 1.807) is 160 Å². The Bertz CT molecular complexity index is 4640.